The monoisotopic (exact) mass is 182 g/mol. The van der Waals surface area contributed by atoms with Crippen LogP contribution in [0.3, 0.4) is 0 Å². The van der Waals surface area contributed by atoms with Crippen LogP contribution in [0.4, 0.5) is 10.1 Å². The second-order valence-electron chi connectivity index (χ2n) is 3.00. The molecule has 1 heterocycles. The van der Waals surface area contributed by atoms with E-state index in [9.17, 15) is 4.39 Å². The maximum atomic E-state index is 12.6. The first-order chi connectivity index (χ1) is 6.33. The lowest BCUT2D eigenvalue weighted by molar-refractivity contribution is 0.584. The molecule has 1 N–H and O–H groups in total. The Morgan fingerprint density at radius 1 is 1.46 bits per heavy atom. The van der Waals surface area contributed by atoms with Crippen LogP contribution in [-0.4, -0.2) is 11.5 Å². The number of pyridine rings is 1. The first-order valence-electron chi connectivity index (χ1n) is 4.68. The number of anilines is 1. The summed E-state index contributed by atoms with van der Waals surface area (Å²) >= 11 is 0. The molecule has 0 saturated heterocycles. The zero-order valence-electron chi connectivity index (χ0n) is 7.89. The molecule has 0 aliphatic rings. The molecule has 1 aromatic rings. The molecule has 72 valence electrons. The Hall–Kier alpha value is -1.12. The molecular formula is C10H15FN2. The first kappa shape index (κ1) is 9.96. The van der Waals surface area contributed by atoms with Crippen LogP contribution in [0.15, 0.2) is 18.3 Å². The smallest absolute Gasteiger partial charge is 0.214 e. The van der Waals surface area contributed by atoms with E-state index >= 15 is 0 Å². The molecule has 0 spiro atoms. The van der Waals surface area contributed by atoms with Crippen molar-refractivity contribution in [2.24, 2.45) is 0 Å². The van der Waals surface area contributed by atoms with Crippen molar-refractivity contribution in [3.8, 4) is 0 Å². The van der Waals surface area contributed by atoms with E-state index in [0.717, 1.165) is 18.7 Å². The minimum Gasteiger partial charge on any atom is -0.385 e. The number of halogens is 1. The van der Waals surface area contributed by atoms with E-state index in [1.165, 1.54) is 25.1 Å². The second-order valence-corrected chi connectivity index (χ2v) is 3.00. The second kappa shape index (κ2) is 5.51. The van der Waals surface area contributed by atoms with Gasteiger partial charge in [0, 0.05) is 24.5 Å². The third-order valence-corrected chi connectivity index (χ3v) is 1.84. The molecule has 2 nitrogen and oxygen atoms in total. The van der Waals surface area contributed by atoms with Gasteiger partial charge in [-0.2, -0.15) is 4.39 Å². The summed E-state index contributed by atoms with van der Waals surface area (Å²) in [5, 5.41) is 3.14. The van der Waals surface area contributed by atoms with Gasteiger partial charge >= 0.3 is 0 Å². The summed E-state index contributed by atoms with van der Waals surface area (Å²) in [6.45, 7) is 3.06. The van der Waals surface area contributed by atoms with Gasteiger partial charge in [-0.05, 0) is 12.5 Å². The average Bonchev–Trinajstić information content (AvgIpc) is 2.13. The van der Waals surface area contributed by atoms with Gasteiger partial charge in [-0.1, -0.05) is 19.8 Å². The fraction of sp³-hybridized carbons (Fsp3) is 0.500. The normalized spacial score (nSPS) is 10.0. The Morgan fingerprint density at radius 3 is 3.00 bits per heavy atom. The minimum absolute atomic E-state index is 0.430. The summed E-state index contributed by atoms with van der Waals surface area (Å²) in [5.74, 6) is -0.430. The van der Waals surface area contributed by atoms with Crippen LogP contribution >= 0.6 is 0 Å². The molecule has 0 aliphatic heterocycles. The van der Waals surface area contributed by atoms with E-state index in [1.54, 1.807) is 6.07 Å². The van der Waals surface area contributed by atoms with Crippen LogP contribution in [0.2, 0.25) is 0 Å². The molecule has 13 heavy (non-hydrogen) atoms. The van der Waals surface area contributed by atoms with E-state index in [0.29, 0.717) is 0 Å². The van der Waals surface area contributed by atoms with Crippen LogP contribution in [-0.2, 0) is 0 Å². The molecule has 0 fully saturated rings. The first-order valence-corrected chi connectivity index (χ1v) is 4.68. The lowest BCUT2D eigenvalue weighted by Crippen LogP contribution is -2.01. The molecule has 0 amide bonds. The van der Waals surface area contributed by atoms with Gasteiger partial charge in [-0.3, -0.25) is 0 Å². The number of nitrogens with zero attached hydrogens (tertiary/aromatic N) is 1. The highest BCUT2D eigenvalue weighted by molar-refractivity contribution is 5.40. The van der Waals surface area contributed by atoms with Crippen LogP contribution in [0.5, 0.6) is 0 Å². The van der Waals surface area contributed by atoms with E-state index in [4.69, 9.17) is 0 Å². The molecule has 0 aromatic carbocycles. The lowest BCUT2D eigenvalue weighted by Gasteiger charge is -2.04. The van der Waals surface area contributed by atoms with Crippen molar-refractivity contribution < 1.29 is 4.39 Å². The zero-order valence-corrected chi connectivity index (χ0v) is 7.89. The van der Waals surface area contributed by atoms with Crippen molar-refractivity contribution in [1.82, 2.24) is 4.98 Å². The number of aromatic nitrogens is 1. The van der Waals surface area contributed by atoms with Gasteiger partial charge < -0.3 is 5.32 Å². The molecule has 0 bridgehead atoms. The van der Waals surface area contributed by atoms with Crippen molar-refractivity contribution in [3.63, 3.8) is 0 Å². The Kier molecular flexibility index (Phi) is 4.23. The van der Waals surface area contributed by atoms with E-state index in [2.05, 4.69) is 17.2 Å². The number of hydrogen-bond acceptors (Lipinski definition) is 2. The molecule has 3 heteroatoms. The quantitative estimate of drug-likeness (QED) is 0.559. The number of unbranched alkanes of at least 4 members (excludes halogenated alkanes) is 2. The van der Waals surface area contributed by atoms with Gasteiger partial charge in [0.05, 0.1) is 0 Å². The molecule has 0 unspecified atom stereocenters. The molecule has 0 aliphatic carbocycles. The standard InChI is InChI=1S/C10H15FN2/c1-2-3-4-6-12-9-5-7-13-10(11)8-9/h5,7-8H,2-4,6H2,1H3,(H,12,13). The highest BCUT2D eigenvalue weighted by Gasteiger charge is 1.93. The van der Waals surface area contributed by atoms with Crippen molar-refractivity contribution >= 4 is 5.69 Å². The Bertz CT molecular complexity index is 250. The van der Waals surface area contributed by atoms with Crippen molar-refractivity contribution in [2.75, 3.05) is 11.9 Å². The van der Waals surface area contributed by atoms with E-state index < -0.39 is 5.95 Å². The third kappa shape index (κ3) is 3.87. The highest BCUT2D eigenvalue weighted by Crippen LogP contribution is 2.06. The summed E-state index contributed by atoms with van der Waals surface area (Å²) in [5.41, 5.74) is 0.809. The molecule has 0 atom stereocenters. The summed E-state index contributed by atoms with van der Waals surface area (Å²) in [6, 6.07) is 3.18. The summed E-state index contributed by atoms with van der Waals surface area (Å²) in [7, 11) is 0. The summed E-state index contributed by atoms with van der Waals surface area (Å²) in [6.07, 6.45) is 5.00. The van der Waals surface area contributed by atoms with Gasteiger partial charge in [0.2, 0.25) is 5.95 Å². The molecule has 1 aromatic heterocycles. The fourth-order valence-corrected chi connectivity index (χ4v) is 1.12. The largest absolute Gasteiger partial charge is 0.385 e. The lowest BCUT2D eigenvalue weighted by atomic mass is 10.2. The van der Waals surface area contributed by atoms with Gasteiger partial charge in [-0.25, -0.2) is 4.98 Å². The predicted molar refractivity (Wildman–Crippen MR) is 52.2 cm³/mol. The summed E-state index contributed by atoms with van der Waals surface area (Å²) in [4.78, 5) is 3.48. The predicted octanol–water partition coefficient (Wildman–Crippen LogP) is 2.82. The fourth-order valence-electron chi connectivity index (χ4n) is 1.12. The number of nitrogens with one attached hydrogen (secondary N) is 1. The van der Waals surface area contributed by atoms with Gasteiger partial charge in [0.1, 0.15) is 0 Å². The minimum atomic E-state index is -0.430. The topological polar surface area (TPSA) is 24.9 Å². The Morgan fingerprint density at radius 2 is 2.31 bits per heavy atom. The van der Waals surface area contributed by atoms with Crippen LogP contribution in [0.25, 0.3) is 0 Å². The number of rotatable bonds is 5. The van der Waals surface area contributed by atoms with Crippen molar-refractivity contribution in [3.05, 3.63) is 24.3 Å². The molecular weight excluding hydrogens is 167 g/mol. The van der Waals surface area contributed by atoms with E-state index in [-0.39, 0.29) is 0 Å². The van der Waals surface area contributed by atoms with Gasteiger partial charge in [-0.15, -0.1) is 0 Å². The van der Waals surface area contributed by atoms with Crippen molar-refractivity contribution in [1.29, 1.82) is 0 Å². The van der Waals surface area contributed by atoms with Gasteiger partial charge in [0.25, 0.3) is 0 Å². The third-order valence-electron chi connectivity index (χ3n) is 1.84. The van der Waals surface area contributed by atoms with Crippen LogP contribution in [0.1, 0.15) is 26.2 Å². The molecule has 0 radical (unpaired) electrons. The zero-order chi connectivity index (χ0) is 9.52. The van der Waals surface area contributed by atoms with Gasteiger partial charge in [0.15, 0.2) is 0 Å². The molecule has 0 saturated carbocycles. The highest BCUT2D eigenvalue weighted by atomic mass is 19.1. The van der Waals surface area contributed by atoms with Crippen LogP contribution < -0.4 is 5.32 Å². The molecule has 1 rings (SSSR count). The maximum absolute atomic E-state index is 12.6. The number of hydrogen-bond donors (Lipinski definition) is 1. The SMILES string of the molecule is CCCCCNc1ccnc(F)c1. The van der Waals surface area contributed by atoms with Crippen LogP contribution in [0, 0.1) is 5.95 Å². The summed E-state index contributed by atoms with van der Waals surface area (Å²) < 4.78 is 12.6. The van der Waals surface area contributed by atoms with E-state index in [1.807, 2.05) is 0 Å². The Labute approximate surface area is 78.2 Å². The maximum Gasteiger partial charge on any atom is 0.214 e. The Balaban J connectivity index is 2.28. The average molecular weight is 182 g/mol. The van der Waals surface area contributed by atoms with Crippen molar-refractivity contribution in [2.45, 2.75) is 26.2 Å².